The molecule has 0 aliphatic heterocycles. The molecule has 0 N–H and O–H groups in total. The van der Waals surface area contributed by atoms with Crippen molar-refractivity contribution < 1.29 is 14.3 Å². The van der Waals surface area contributed by atoms with Gasteiger partial charge in [-0.15, -0.1) is 0 Å². The standard InChI is InChI=1S/C15H21NO3/c1-5-9-16(6-2)14(17)12-8-7-11(3)13(10-12)15(18)19-4/h7-8,10H,5-6,9H2,1-4H3. The zero-order valence-corrected chi connectivity index (χ0v) is 12.0. The highest BCUT2D eigenvalue weighted by Crippen LogP contribution is 2.14. The Morgan fingerprint density at radius 2 is 1.95 bits per heavy atom. The topological polar surface area (TPSA) is 46.6 Å². The summed E-state index contributed by atoms with van der Waals surface area (Å²) in [5.74, 6) is -0.458. The van der Waals surface area contributed by atoms with Crippen LogP contribution >= 0.6 is 0 Å². The predicted octanol–water partition coefficient (Wildman–Crippen LogP) is 2.65. The van der Waals surface area contributed by atoms with Crippen LogP contribution in [0.15, 0.2) is 18.2 Å². The first-order valence-electron chi connectivity index (χ1n) is 6.53. The van der Waals surface area contributed by atoms with Gasteiger partial charge < -0.3 is 9.64 Å². The van der Waals surface area contributed by atoms with Crippen molar-refractivity contribution in [2.75, 3.05) is 20.2 Å². The molecule has 0 spiro atoms. The Morgan fingerprint density at radius 1 is 1.26 bits per heavy atom. The average Bonchev–Trinajstić information content (AvgIpc) is 2.43. The molecule has 4 nitrogen and oxygen atoms in total. The van der Waals surface area contributed by atoms with Gasteiger partial charge in [-0.25, -0.2) is 4.79 Å². The van der Waals surface area contributed by atoms with Crippen molar-refractivity contribution in [3.8, 4) is 0 Å². The van der Waals surface area contributed by atoms with Gasteiger partial charge in [-0.05, 0) is 38.0 Å². The number of aryl methyl sites for hydroxylation is 1. The maximum absolute atomic E-state index is 12.3. The number of hydrogen-bond acceptors (Lipinski definition) is 3. The van der Waals surface area contributed by atoms with Crippen molar-refractivity contribution in [2.45, 2.75) is 27.2 Å². The minimum atomic E-state index is -0.411. The van der Waals surface area contributed by atoms with Crippen molar-refractivity contribution in [1.29, 1.82) is 0 Å². The zero-order chi connectivity index (χ0) is 14.4. The lowest BCUT2D eigenvalue weighted by Crippen LogP contribution is -2.31. The lowest BCUT2D eigenvalue weighted by Gasteiger charge is -2.20. The Labute approximate surface area is 114 Å². The van der Waals surface area contributed by atoms with E-state index in [1.165, 1.54) is 7.11 Å². The van der Waals surface area contributed by atoms with E-state index in [1.807, 2.05) is 20.8 Å². The number of methoxy groups -OCH3 is 1. The third kappa shape index (κ3) is 3.56. The number of esters is 1. The van der Waals surface area contributed by atoms with Gasteiger partial charge in [-0.1, -0.05) is 13.0 Å². The van der Waals surface area contributed by atoms with Gasteiger partial charge in [0.05, 0.1) is 12.7 Å². The van der Waals surface area contributed by atoms with E-state index >= 15 is 0 Å². The minimum absolute atomic E-state index is 0.0468. The zero-order valence-electron chi connectivity index (χ0n) is 12.0. The van der Waals surface area contributed by atoms with Crippen LogP contribution in [0, 0.1) is 6.92 Å². The fraction of sp³-hybridized carbons (Fsp3) is 0.467. The molecule has 0 heterocycles. The SMILES string of the molecule is CCCN(CC)C(=O)c1ccc(C)c(C(=O)OC)c1. The summed E-state index contributed by atoms with van der Waals surface area (Å²) in [5.41, 5.74) is 1.78. The molecule has 0 aromatic heterocycles. The Bertz CT molecular complexity index is 468. The molecule has 0 aliphatic rings. The summed E-state index contributed by atoms with van der Waals surface area (Å²) in [6.45, 7) is 7.18. The first kappa shape index (κ1) is 15.2. The van der Waals surface area contributed by atoms with E-state index in [0.29, 0.717) is 17.7 Å². The number of benzene rings is 1. The first-order chi connectivity index (χ1) is 9.04. The molecule has 0 aliphatic carbocycles. The molecule has 0 atom stereocenters. The number of hydrogen-bond donors (Lipinski definition) is 0. The normalized spacial score (nSPS) is 10.1. The molecule has 0 unspecified atom stereocenters. The molecule has 1 aromatic carbocycles. The van der Waals surface area contributed by atoms with Gasteiger partial charge in [-0.3, -0.25) is 4.79 Å². The lowest BCUT2D eigenvalue weighted by atomic mass is 10.0. The average molecular weight is 263 g/mol. The molecule has 4 heteroatoms. The van der Waals surface area contributed by atoms with Crippen LogP contribution in [-0.2, 0) is 4.74 Å². The van der Waals surface area contributed by atoms with Crippen LogP contribution in [0.2, 0.25) is 0 Å². The highest BCUT2D eigenvalue weighted by molar-refractivity contribution is 5.98. The van der Waals surface area contributed by atoms with E-state index in [0.717, 1.165) is 18.5 Å². The smallest absolute Gasteiger partial charge is 0.338 e. The minimum Gasteiger partial charge on any atom is -0.465 e. The summed E-state index contributed by atoms with van der Waals surface area (Å²) in [4.78, 5) is 25.7. The van der Waals surface area contributed by atoms with Crippen LogP contribution in [0.3, 0.4) is 0 Å². The van der Waals surface area contributed by atoms with E-state index in [9.17, 15) is 9.59 Å². The van der Waals surface area contributed by atoms with Crippen LogP contribution in [0.5, 0.6) is 0 Å². The molecular weight excluding hydrogens is 242 g/mol. The number of ether oxygens (including phenoxy) is 1. The Hall–Kier alpha value is -1.84. The van der Waals surface area contributed by atoms with Crippen molar-refractivity contribution in [3.63, 3.8) is 0 Å². The first-order valence-corrected chi connectivity index (χ1v) is 6.53. The van der Waals surface area contributed by atoms with Gasteiger partial charge in [0, 0.05) is 18.7 Å². The molecule has 1 rings (SSSR count). The van der Waals surface area contributed by atoms with E-state index in [1.54, 1.807) is 23.1 Å². The summed E-state index contributed by atoms with van der Waals surface area (Å²) in [5, 5.41) is 0. The number of nitrogens with zero attached hydrogens (tertiary/aromatic N) is 1. The second-order valence-corrected chi connectivity index (χ2v) is 4.41. The van der Waals surface area contributed by atoms with E-state index < -0.39 is 5.97 Å². The lowest BCUT2D eigenvalue weighted by molar-refractivity contribution is 0.0600. The van der Waals surface area contributed by atoms with E-state index in [2.05, 4.69) is 0 Å². The van der Waals surface area contributed by atoms with Gasteiger partial charge >= 0.3 is 5.97 Å². The fourth-order valence-electron chi connectivity index (χ4n) is 1.94. The van der Waals surface area contributed by atoms with Gasteiger partial charge in [0.2, 0.25) is 0 Å². The molecule has 1 amide bonds. The Morgan fingerprint density at radius 3 is 2.47 bits per heavy atom. The molecule has 1 aromatic rings. The second-order valence-electron chi connectivity index (χ2n) is 4.41. The van der Waals surface area contributed by atoms with Crippen molar-refractivity contribution in [2.24, 2.45) is 0 Å². The van der Waals surface area contributed by atoms with Crippen LogP contribution in [0.1, 0.15) is 46.5 Å². The van der Waals surface area contributed by atoms with Gasteiger partial charge in [-0.2, -0.15) is 0 Å². The largest absolute Gasteiger partial charge is 0.465 e. The monoisotopic (exact) mass is 263 g/mol. The maximum Gasteiger partial charge on any atom is 0.338 e. The number of amides is 1. The number of rotatable bonds is 5. The highest BCUT2D eigenvalue weighted by Gasteiger charge is 2.17. The summed E-state index contributed by atoms with van der Waals surface area (Å²) in [7, 11) is 1.34. The molecule has 0 saturated carbocycles. The summed E-state index contributed by atoms with van der Waals surface area (Å²) < 4.78 is 4.72. The van der Waals surface area contributed by atoms with Crippen LogP contribution < -0.4 is 0 Å². The summed E-state index contributed by atoms with van der Waals surface area (Å²) in [6, 6.07) is 5.14. The second kappa shape index (κ2) is 6.92. The molecular formula is C15H21NO3. The van der Waals surface area contributed by atoms with Gasteiger partial charge in [0.15, 0.2) is 0 Å². The molecule has 19 heavy (non-hydrogen) atoms. The Kier molecular flexibility index (Phi) is 5.55. The van der Waals surface area contributed by atoms with Crippen LogP contribution in [0.25, 0.3) is 0 Å². The molecule has 0 fully saturated rings. The van der Waals surface area contributed by atoms with Crippen molar-refractivity contribution in [3.05, 3.63) is 34.9 Å². The quantitative estimate of drug-likeness (QED) is 0.767. The molecule has 0 bridgehead atoms. The van der Waals surface area contributed by atoms with Crippen molar-refractivity contribution in [1.82, 2.24) is 4.90 Å². The fourth-order valence-corrected chi connectivity index (χ4v) is 1.94. The van der Waals surface area contributed by atoms with E-state index in [4.69, 9.17) is 4.74 Å². The maximum atomic E-state index is 12.3. The Balaban J connectivity index is 3.07. The third-order valence-corrected chi connectivity index (χ3v) is 3.05. The van der Waals surface area contributed by atoms with Gasteiger partial charge in [0.1, 0.15) is 0 Å². The molecule has 0 radical (unpaired) electrons. The summed E-state index contributed by atoms with van der Waals surface area (Å²) >= 11 is 0. The number of carbonyl (C=O) groups is 2. The van der Waals surface area contributed by atoms with Crippen molar-refractivity contribution >= 4 is 11.9 Å². The van der Waals surface area contributed by atoms with Crippen LogP contribution in [-0.4, -0.2) is 37.0 Å². The summed E-state index contributed by atoms with van der Waals surface area (Å²) in [6.07, 6.45) is 0.912. The molecule has 104 valence electrons. The molecule has 0 saturated heterocycles. The van der Waals surface area contributed by atoms with Gasteiger partial charge in [0.25, 0.3) is 5.91 Å². The third-order valence-electron chi connectivity index (χ3n) is 3.05. The number of carbonyl (C=O) groups excluding carboxylic acids is 2. The predicted molar refractivity (Wildman–Crippen MR) is 74.4 cm³/mol. The van der Waals surface area contributed by atoms with Crippen LogP contribution in [0.4, 0.5) is 0 Å². The highest BCUT2D eigenvalue weighted by atomic mass is 16.5. The van der Waals surface area contributed by atoms with E-state index in [-0.39, 0.29) is 5.91 Å².